The van der Waals surface area contributed by atoms with E-state index < -0.39 is 0 Å². The van der Waals surface area contributed by atoms with E-state index >= 15 is 0 Å². The number of ether oxygens (including phenoxy) is 1. The van der Waals surface area contributed by atoms with Gasteiger partial charge in [-0.05, 0) is 49.4 Å². The summed E-state index contributed by atoms with van der Waals surface area (Å²) < 4.78 is 6.46. The predicted octanol–water partition coefficient (Wildman–Crippen LogP) is 5.02. The van der Waals surface area contributed by atoms with Gasteiger partial charge in [-0.25, -0.2) is 0 Å². The van der Waals surface area contributed by atoms with Crippen molar-refractivity contribution >= 4 is 0 Å². The van der Waals surface area contributed by atoms with Crippen LogP contribution in [0, 0.1) is 17.3 Å². The normalized spacial score (nSPS) is 27.6. The number of nitrogens with one attached hydrogen (secondary N) is 1. The van der Waals surface area contributed by atoms with Gasteiger partial charge in [0.05, 0.1) is 5.60 Å². The molecule has 0 saturated heterocycles. The lowest BCUT2D eigenvalue weighted by molar-refractivity contribution is -0.0864. The van der Waals surface area contributed by atoms with Crippen LogP contribution in [0.15, 0.2) is 0 Å². The molecule has 0 aliphatic heterocycles. The van der Waals surface area contributed by atoms with E-state index in [1.807, 2.05) is 0 Å². The van der Waals surface area contributed by atoms with Crippen LogP contribution in [0.3, 0.4) is 0 Å². The lowest BCUT2D eigenvalue weighted by Gasteiger charge is -2.42. The van der Waals surface area contributed by atoms with Crippen LogP contribution in [0.2, 0.25) is 0 Å². The molecule has 0 radical (unpaired) electrons. The summed E-state index contributed by atoms with van der Waals surface area (Å²) in [5.41, 5.74) is 0.447. The molecule has 126 valence electrons. The standard InChI is InChI=1S/C19H39NO/c1-15(2)17-8-10-19(11-9-17,14-20-16(3)4)21-13-12-18(5,6)7/h15-17,20H,8-14H2,1-7H3. The van der Waals surface area contributed by atoms with Crippen LogP contribution in [0.4, 0.5) is 0 Å². The van der Waals surface area contributed by atoms with E-state index in [0.29, 0.717) is 11.5 Å². The Morgan fingerprint density at radius 3 is 2.10 bits per heavy atom. The van der Waals surface area contributed by atoms with Gasteiger partial charge in [-0.3, -0.25) is 0 Å². The highest BCUT2D eigenvalue weighted by Gasteiger charge is 2.37. The van der Waals surface area contributed by atoms with Crippen molar-refractivity contribution in [3.05, 3.63) is 0 Å². The summed E-state index contributed by atoms with van der Waals surface area (Å²) in [4.78, 5) is 0. The zero-order chi connectivity index (χ0) is 16.1. The van der Waals surface area contributed by atoms with Crippen LogP contribution in [-0.2, 0) is 4.74 Å². The molecule has 0 amide bonds. The van der Waals surface area contributed by atoms with Gasteiger partial charge in [0.2, 0.25) is 0 Å². The van der Waals surface area contributed by atoms with Crippen LogP contribution in [-0.4, -0.2) is 24.8 Å². The SMILES string of the molecule is CC(C)NCC1(OCCC(C)(C)C)CCC(C(C)C)CC1. The third-order valence-electron chi connectivity index (χ3n) is 4.98. The molecule has 0 atom stereocenters. The first kappa shape index (κ1) is 19.0. The Labute approximate surface area is 133 Å². The first-order valence-electron chi connectivity index (χ1n) is 9.01. The van der Waals surface area contributed by atoms with E-state index in [0.717, 1.165) is 31.4 Å². The van der Waals surface area contributed by atoms with Gasteiger partial charge in [-0.15, -0.1) is 0 Å². The molecule has 1 fully saturated rings. The minimum atomic E-state index is 0.0842. The first-order valence-corrected chi connectivity index (χ1v) is 9.01. The molecule has 1 aliphatic carbocycles. The average Bonchev–Trinajstić information content (AvgIpc) is 2.35. The monoisotopic (exact) mass is 297 g/mol. The van der Waals surface area contributed by atoms with E-state index in [4.69, 9.17) is 4.74 Å². The molecule has 0 spiro atoms. The van der Waals surface area contributed by atoms with Gasteiger partial charge < -0.3 is 10.1 Å². The smallest absolute Gasteiger partial charge is 0.0806 e. The third-order valence-corrected chi connectivity index (χ3v) is 4.98. The quantitative estimate of drug-likeness (QED) is 0.712. The summed E-state index contributed by atoms with van der Waals surface area (Å²) in [5, 5.41) is 3.62. The molecule has 21 heavy (non-hydrogen) atoms. The zero-order valence-corrected chi connectivity index (χ0v) is 15.6. The number of hydrogen-bond donors (Lipinski definition) is 1. The maximum atomic E-state index is 6.46. The maximum Gasteiger partial charge on any atom is 0.0806 e. The van der Waals surface area contributed by atoms with Crippen LogP contribution in [0.25, 0.3) is 0 Å². The van der Waals surface area contributed by atoms with E-state index in [-0.39, 0.29) is 5.60 Å². The van der Waals surface area contributed by atoms with E-state index in [9.17, 15) is 0 Å². The fourth-order valence-corrected chi connectivity index (χ4v) is 3.17. The number of hydrogen-bond acceptors (Lipinski definition) is 2. The summed E-state index contributed by atoms with van der Waals surface area (Å²) in [6.45, 7) is 18.0. The Hall–Kier alpha value is -0.0800. The van der Waals surface area contributed by atoms with Gasteiger partial charge in [0.1, 0.15) is 0 Å². The van der Waals surface area contributed by atoms with Gasteiger partial charge in [0.15, 0.2) is 0 Å². The first-order chi connectivity index (χ1) is 9.64. The molecule has 2 heteroatoms. The molecule has 0 aromatic heterocycles. The summed E-state index contributed by atoms with van der Waals surface area (Å²) in [5.74, 6) is 1.71. The molecular formula is C19H39NO. The molecule has 1 aliphatic rings. The van der Waals surface area contributed by atoms with Crippen molar-refractivity contribution in [1.29, 1.82) is 0 Å². The fourth-order valence-electron chi connectivity index (χ4n) is 3.17. The molecule has 0 aromatic rings. The van der Waals surface area contributed by atoms with Crippen molar-refractivity contribution in [2.45, 2.75) is 92.2 Å². The largest absolute Gasteiger partial charge is 0.374 e. The third kappa shape index (κ3) is 7.15. The van der Waals surface area contributed by atoms with E-state index in [1.54, 1.807) is 0 Å². The second kappa shape index (κ2) is 7.97. The molecule has 0 bridgehead atoms. The van der Waals surface area contributed by atoms with E-state index in [2.05, 4.69) is 53.8 Å². The van der Waals surface area contributed by atoms with Crippen molar-refractivity contribution in [1.82, 2.24) is 5.32 Å². The van der Waals surface area contributed by atoms with Gasteiger partial charge in [-0.2, -0.15) is 0 Å². The van der Waals surface area contributed by atoms with Crippen LogP contribution < -0.4 is 5.32 Å². The molecule has 0 aromatic carbocycles. The highest BCUT2D eigenvalue weighted by Crippen LogP contribution is 2.38. The van der Waals surface area contributed by atoms with E-state index in [1.165, 1.54) is 25.7 Å². The number of rotatable bonds is 7. The van der Waals surface area contributed by atoms with Gasteiger partial charge >= 0.3 is 0 Å². The summed E-state index contributed by atoms with van der Waals surface area (Å²) >= 11 is 0. The molecular weight excluding hydrogens is 258 g/mol. The Kier molecular flexibility index (Phi) is 7.19. The molecule has 1 saturated carbocycles. The summed E-state index contributed by atoms with van der Waals surface area (Å²) in [7, 11) is 0. The summed E-state index contributed by atoms with van der Waals surface area (Å²) in [6.07, 6.45) is 6.24. The molecule has 1 N–H and O–H groups in total. The van der Waals surface area contributed by atoms with Crippen LogP contribution in [0.1, 0.15) is 80.6 Å². The van der Waals surface area contributed by atoms with Crippen molar-refractivity contribution in [2.24, 2.45) is 17.3 Å². The molecule has 1 rings (SSSR count). The highest BCUT2D eigenvalue weighted by molar-refractivity contribution is 4.90. The Morgan fingerprint density at radius 1 is 1.10 bits per heavy atom. The van der Waals surface area contributed by atoms with Crippen molar-refractivity contribution < 1.29 is 4.74 Å². The Morgan fingerprint density at radius 2 is 1.67 bits per heavy atom. The van der Waals surface area contributed by atoms with Gasteiger partial charge in [0, 0.05) is 19.2 Å². The molecule has 0 unspecified atom stereocenters. The second-order valence-corrected chi connectivity index (χ2v) is 8.96. The van der Waals surface area contributed by atoms with Crippen molar-refractivity contribution in [3.63, 3.8) is 0 Å². The highest BCUT2D eigenvalue weighted by atomic mass is 16.5. The topological polar surface area (TPSA) is 21.3 Å². The minimum absolute atomic E-state index is 0.0842. The Bertz CT molecular complexity index is 282. The van der Waals surface area contributed by atoms with Crippen molar-refractivity contribution in [3.8, 4) is 0 Å². The lowest BCUT2D eigenvalue weighted by atomic mass is 9.74. The predicted molar refractivity (Wildman–Crippen MR) is 92.7 cm³/mol. The van der Waals surface area contributed by atoms with Gasteiger partial charge in [-0.1, -0.05) is 48.5 Å². The maximum absolute atomic E-state index is 6.46. The summed E-state index contributed by atoms with van der Waals surface area (Å²) in [6, 6.07) is 0.538. The zero-order valence-electron chi connectivity index (χ0n) is 15.6. The molecule has 2 nitrogen and oxygen atoms in total. The van der Waals surface area contributed by atoms with Gasteiger partial charge in [0.25, 0.3) is 0 Å². The van der Waals surface area contributed by atoms with Crippen LogP contribution in [0.5, 0.6) is 0 Å². The fraction of sp³-hybridized carbons (Fsp3) is 1.00. The second-order valence-electron chi connectivity index (χ2n) is 8.96. The minimum Gasteiger partial charge on any atom is -0.374 e. The van der Waals surface area contributed by atoms with Crippen molar-refractivity contribution in [2.75, 3.05) is 13.2 Å². The lowest BCUT2D eigenvalue weighted by Crippen LogP contribution is -2.48. The van der Waals surface area contributed by atoms with Crippen LogP contribution >= 0.6 is 0 Å². The average molecular weight is 298 g/mol. The molecule has 0 heterocycles. The Balaban J connectivity index is 2.55.